The fourth-order valence-corrected chi connectivity index (χ4v) is 2.25. The highest BCUT2D eigenvalue weighted by atomic mass is 16.5. The molecule has 0 aliphatic carbocycles. The van der Waals surface area contributed by atoms with E-state index in [1.165, 1.54) is 0 Å². The van der Waals surface area contributed by atoms with Crippen LogP contribution in [0.1, 0.15) is 18.9 Å². The van der Waals surface area contributed by atoms with Gasteiger partial charge in [0.2, 0.25) is 11.8 Å². The minimum absolute atomic E-state index is 0.0636. The average Bonchev–Trinajstić information content (AvgIpc) is 2.63. The highest BCUT2D eigenvalue weighted by Gasteiger charge is 2.09. The molecule has 0 unspecified atom stereocenters. The van der Waals surface area contributed by atoms with Crippen molar-refractivity contribution in [2.75, 3.05) is 29.6 Å². The molecule has 0 saturated heterocycles. The second-order valence-electron chi connectivity index (χ2n) is 5.51. The molecule has 0 spiro atoms. The van der Waals surface area contributed by atoms with Crippen LogP contribution in [0.15, 0.2) is 42.5 Å². The zero-order valence-electron chi connectivity index (χ0n) is 14.7. The highest BCUT2D eigenvalue weighted by molar-refractivity contribution is 5.97. The Morgan fingerprint density at radius 1 is 1.00 bits per heavy atom. The van der Waals surface area contributed by atoms with Gasteiger partial charge in [-0.3, -0.25) is 9.59 Å². The van der Waals surface area contributed by atoms with E-state index in [1.54, 1.807) is 26.2 Å². The molecule has 0 atom stereocenters. The lowest BCUT2D eigenvalue weighted by atomic mass is 10.1. The van der Waals surface area contributed by atoms with Crippen LogP contribution in [0.5, 0.6) is 5.75 Å². The third-order valence-electron chi connectivity index (χ3n) is 3.73. The molecule has 0 aliphatic rings. The number of rotatable bonds is 7. The first-order valence-electron chi connectivity index (χ1n) is 8.10. The largest absolute Gasteiger partial charge is 0.497 e. The Balaban J connectivity index is 1.98. The van der Waals surface area contributed by atoms with Crippen LogP contribution in [0, 0.1) is 6.92 Å². The van der Waals surface area contributed by atoms with Crippen LogP contribution in [0.2, 0.25) is 0 Å². The van der Waals surface area contributed by atoms with Crippen molar-refractivity contribution in [3.63, 3.8) is 0 Å². The number of amides is 2. The molecule has 2 rings (SSSR count). The van der Waals surface area contributed by atoms with E-state index >= 15 is 0 Å². The molecule has 0 fully saturated rings. The van der Waals surface area contributed by atoms with Gasteiger partial charge >= 0.3 is 0 Å². The van der Waals surface area contributed by atoms with Crippen molar-refractivity contribution in [1.82, 2.24) is 0 Å². The number of anilines is 3. The van der Waals surface area contributed by atoms with Gasteiger partial charge in [-0.2, -0.15) is 0 Å². The minimum Gasteiger partial charge on any atom is -0.497 e. The van der Waals surface area contributed by atoms with Crippen LogP contribution in [0.4, 0.5) is 17.1 Å². The lowest BCUT2D eigenvalue weighted by molar-refractivity contribution is -0.116. The molecule has 2 aromatic rings. The molecule has 6 nitrogen and oxygen atoms in total. The van der Waals surface area contributed by atoms with Gasteiger partial charge < -0.3 is 20.7 Å². The average molecular weight is 341 g/mol. The van der Waals surface area contributed by atoms with Gasteiger partial charge in [0.25, 0.3) is 0 Å². The molecule has 2 aromatic carbocycles. The highest BCUT2D eigenvalue weighted by Crippen LogP contribution is 2.23. The standard InChI is InChI=1S/C19H23N3O3/c1-4-18(23)21-16-9-6-10-17(13(16)2)22-19(24)12-20-14-7-5-8-15(11-14)25-3/h5-11,20H,4,12H2,1-3H3,(H,21,23)(H,22,24). The number of hydrogen-bond donors (Lipinski definition) is 3. The van der Waals surface area contributed by atoms with E-state index in [4.69, 9.17) is 4.74 Å². The number of hydrogen-bond acceptors (Lipinski definition) is 4. The summed E-state index contributed by atoms with van der Waals surface area (Å²) >= 11 is 0. The zero-order chi connectivity index (χ0) is 18.2. The zero-order valence-corrected chi connectivity index (χ0v) is 14.7. The number of benzene rings is 2. The van der Waals surface area contributed by atoms with Gasteiger partial charge in [-0.1, -0.05) is 19.1 Å². The molecule has 6 heteroatoms. The molecule has 0 heterocycles. The number of ether oxygens (including phenoxy) is 1. The van der Waals surface area contributed by atoms with E-state index in [-0.39, 0.29) is 18.4 Å². The van der Waals surface area contributed by atoms with Crippen molar-refractivity contribution in [1.29, 1.82) is 0 Å². The van der Waals surface area contributed by atoms with Gasteiger partial charge in [0.05, 0.1) is 13.7 Å². The molecule has 25 heavy (non-hydrogen) atoms. The predicted molar refractivity (Wildman–Crippen MR) is 100 cm³/mol. The summed E-state index contributed by atoms with van der Waals surface area (Å²) < 4.78 is 5.15. The molecular formula is C19H23N3O3. The fourth-order valence-electron chi connectivity index (χ4n) is 2.25. The Kier molecular flexibility index (Phi) is 6.39. The second-order valence-corrected chi connectivity index (χ2v) is 5.51. The monoisotopic (exact) mass is 341 g/mol. The molecule has 0 saturated carbocycles. The van der Waals surface area contributed by atoms with Crippen molar-refractivity contribution < 1.29 is 14.3 Å². The minimum atomic E-state index is -0.176. The van der Waals surface area contributed by atoms with Crippen molar-refractivity contribution in [2.24, 2.45) is 0 Å². The van der Waals surface area contributed by atoms with Crippen molar-refractivity contribution >= 4 is 28.9 Å². The Morgan fingerprint density at radius 2 is 1.64 bits per heavy atom. The number of carbonyl (C=O) groups is 2. The smallest absolute Gasteiger partial charge is 0.243 e. The van der Waals surface area contributed by atoms with Crippen molar-refractivity contribution in [2.45, 2.75) is 20.3 Å². The summed E-state index contributed by atoms with van der Waals surface area (Å²) in [6.45, 7) is 3.77. The lowest BCUT2D eigenvalue weighted by Crippen LogP contribution is -2.22. The molecule has 0 radical (unpaired) electrons. The van der Waals surface area contributed by atoms with Crippen molar-refractivity contribution in [3.05, 3.63) is 48.0 Å². The number of carbonyl (C=O) groups excluding carboxylic acids is 2. The summed E-state index contributed by atoms with van der Waals surface area (Å²) in [4.78, 5) is 23.7. The van der Waals surface area contributed by atoms with Gasteiger partial charge in [0.1, 0.15) is 5.75 Å². The van der Waals surface area contributed by atoms with Crippen LogP contribution in [0.25, 0.3) is 0 Å². The summed E-state index contributed by atoms with van der Waals surface area (Å²) in [5, 5.41) is 8.73. The summed E-state index contributed by atoms with van der Waals surface area (Å²) in [5.41, 5.74) is 2.99. The molecule has 3 N–H and O–H groups in total. The van der Waals surface area contributed by atoms with Gasteiger partial charge in [-0.05, 0) is 36.8 Å². The van der Waals surface area contributed by atoms with Gasteiger partial charge in [0, 0.05) is 29.5 Å². The molecule has 2 amide bonds. The summed E-state index contributed by atoms with van der Waals surface area (Å²) in [6, 6.07) is 12.8. The molecular weight excluding hydrogens is 318 g/mol. The van der Waals surface area contributed by atoms with E-state index < -0.39 is 0 Å². The van der Waals surface area contributed by atoms with E-state index in [9.17, 15) is 9.59 Å². The predicted octanol–water partition coefficient (Wildman–Crippen LogP) is 3.40. The Morgan fingerprint density at radius 3 is 2.28 bits per heavy atom. The maximum Gasteiger partial charge on any atom is 0.243 e. The first kappa shape index (κ1) is 18.3. The summed E-state index contributed by atoms with van der Waals surface area (Å²) in [6.07, 6.45) is 0.403. The van der Waals surface area contributed by atoms with Crippen LogP contribution < -0.4 is 20.7 Å². The van der Waals surface area contributed by atoms with Gasteiger partial charge in [-0.15, -0.1) is 0 Å². The first-order valence-corrected chi connectivity index (χ1v) is 8.10. The maximum atomic E-state index is 12.2. The van der Waals surface area contributed by atoms with E-state index in [2.05, 4.69) is 16.0 Å². The number of methoxy groups -OCH3 is 1. The van der Waals surface area contributed by atoms with Crippen LogP contribution in [-0.2, 0) is 9.59 Å². The molecule has 0 aliphatic heterocycles. The topological polar surface area (TPSA) is 79.5 Å². The van der Waals surface area contributed by atoms with Gasteiger partial charge in [-0.25, -0.2) is 0 Å². The Bertz CT molecular complexity index is 759. The third kappa shape index (κ3) is 5.24. The van der Waals surface area contributed by atoms with Gasteiger partial charge in [0.15, 0.2) is 0 Å². The quantitative estimate of drug-likeness (QED) is 0.721. The summed E-state index contributed by atoms with van der Waals surface area (Å²) in [5.74, 6) is 0.483. The van der Waals surface area contributed by atoms with E-state index in [0.717, 1.165) is 17.0 Å². The lowest BCUT2D eigenvalue weighted by Gasteiger charge is -2.14. The maximum absolute atomic E-state index is 12.2. The van der Waals surface area contributed by atoms with Crippen LogP contribution in [0.3, 0.4) is 0 Å². The van der Waals surface area contributed by atoms with E-state index in [0.29, 0.717) is 17.8 Å². The second kappa shape index (κ2) is 8.73. The SMILES string of the molecule is CCC(=O)Nc1cccc(NC(=O)CNc2cccc(OC)c2)c1C. The van der Waals surface area contributed by atoms with Crippen LogP contribution >= 0.6 is 0 Å². The third-order valence-corrected chi connectivity index (χ3v) is 3.73. The molecule has 132 valence electrons. The summed E-state index contributed by atoms with van der Waals surface area (Å²) in [7, 11) is 1.60. The Hall–Kier alpha value is -3.02. The normalized spacial score (nSPS) is 10.0. The Labute approximate surface area is 147 Å². The fraction of sp³-hybridized carbons (Fsp3) is 0.263. The van der Waals surface area contributed by atoms with Crippen molar-refractivity contribution in [3.8, 4) is 5.75 Å². The number of nitrogens with one attached hydrogen (secondary N) is 3. The van der Waals surface area contributed by atoms with E-state index in [1.807, 2.05) is 37.3 Å². The van der Waals surface area contributed by atoms with Crippen LogP contribution in [-0.4, -0.2) is 25.5 Å². The molecule has 0 aromatic heterocycles. The molecule has 0 bridgehead atoms. The first-order chi connectivity index (χ1) is 12.0.